The fraction of sp³-hybridized carbons (Fsp3) is 0.650. The summed E-state index contributed by atoms with van der Waals surface area (Å²) < 4.78 is 5.37. The van der Waals surface area contributed by atoms with Gasteiger partial charge in [0, 0.05) is 44.2 Å². The third-order valence-corrected chi connectivity index (χ3v) is 5.20. The summed E-state index contributed by atoms with van der Waals surface area (Å²) in [5, 5.41) is 10.3. The molecule has 1 saturated carbocycles. The standard InChI is InChI=1S/C20H30N2O3/c1-14(2)20(24)22-8-4-7-21(9-10-22)13-15-11-17(16-5-6-16)19(23)18(12-15)25-3/h11-12,14,16,23H,4-10,13H2,1-3H3. The number of phenolic OH excluding ortho intramolecular Hbond substituents is 1. The van der Waals surface area contributed by atoms with Crippen molar-refractivity contribution in [3.05, 3.63) is 23.3 Å². The Labute approximate surface area is 150 Å². The molecule has 0 atom stereocenters. The van der Waals surface area contributed by atoms with Gasteiger partial charge in [-0.05, 0) is 36.8 Å². The van der Waals surface area contributed by atoms with E-state index in [1.54, 1.807) is 7.11 Å². The Bertz CT molecular complexity index is 626. The lowest BCUT2D eigenvalue weighted by atomic mass is 10.0. The van der Waals surface area contributed by atoms with Gasteiger partial charge >= 0.3 is 0 Å². The lowest BCUT2D eigenvalue weighted by Crippen LogP contribution is -2.37. The number of hydrogen-bond donors (Lipinski definition) is 1. The number of carbonyl (C=O) groups is 1. The second kappa shape index (κ2) is 7.65. The lowest BCUT2D eigenvalue weighted by molar-refractivity contribution is -0.134. The number of rotatable bonds is 5. The van der Waals surface area contributed by atoms with Crippen molar-refractivity contribution in [1.29, 1.82) is 0 Å². The Kier molecular flexibility index (Phi) is 5.52. The van der Waals surface area contributed by atoms with E-state index in [0.29, 0.717) is 17.4 Å². The van der Waals surface area contributed by atoms with E-state index in [9.17, 15) is 9.90 Å². The Morgan fingerprint density at radius 1 is 1.24 bits per heavy atom. The number of hydrogen-bond acceptors (Lipinski definition) is 4. The van der Waals surface area contributed by atoms with Gasteiger partial charge in [-0.3, -0.25) is 9.69 Å². The van der Waals surface area contributed by atoms with E-state index in [4.69, 9.17) is 4.74 Å². The van der Waals surface area contributed by atoms with Crippen LogP contribution >= 0.6 is 0 Å². The molecular weight excluding hydrogens is 316 g/mol. The number of nitrogens with zero attached hydrogens (tertiary/aromatic N) is 2. The van der Waals surface area contributed by atoms with Gasteiger partial charge in [0.25, 0.3) is 0 Å². The lowest BCUT2D eigenvalue weighted by Gasteiger charge is -2.24. The molecule has 0 aromatic heterocycles. The van der Waals surface area contributed by atoms with Crippen molar-refractivity contribution in [2.75, 3.05) is 33.3 Å². The van der Waals surface area contributed by atoms with Crippen LogP contribution in [0.2, 0.25) is 0 Å². The normalized spacial score (nSPS) is 19.1. The molecule has 25 heavy (non-hydrogen) atoms. The molecule has 0 unspecified atom stereocenters. The molecule has 0 bridgehead atoms. The molecule has 1 aromatic rings. The molecule has 2 fully saturated rings. The quantitative estimate of drug-likeness (QED) is 0.891. The first-order chi connectivity index (χ1) is 12.0. The van der Waals surface area contributed by atoms with Crippen molar-refractivity contribution in [2.45, 2.75) is 45.6 Å². The summed E-state index contributed by atoms with van der Waals surface area (Å²) in [6.45, 7) is 8.28. The van der Waals surface area contributed by atoms with Crippen LogP contribution < -0.4 is 4.74 Å². The molecule has 1 saturated heterocycles. The second-order valence-electron chi connectivity index (χ2n) is 7.62. The first kappa shape index (κ1) is 18.1. The molecule has 138 valence electrons. The summed E-state index contributed by atoms with van der Waals surface area (Å²) in [5.41, 5.74) is 2.21. The molecule has 1 amide bonds. The predicted octanol–water partition coefficient (Wildman–Crippen LogP) is 2.97. The van der Waals surface area contributed by atoms with Gasteiger partial charge in [0.05, 0.1) is 7.11 Å². The van der Waals surface area contributed by atoms with Crippen molar-refractivity contribution >= 4 is 5.91 Å². The summed E-state index contributed by atoms with van der Waals surface area (Å²) in [6.07, 6.45) is 3.30. The molecule has 1 N–H and O–H groups in total. The van der Waals surface area contributed by atoms with Crippen LogP contribution in [-0.4, -0.2) is 54.1 Å². The molecule has 5 nitrogen and oxygen atoms in total. The van der Waals surface area contributed by atoms with Crippen molar-refractivity contribution < 1.29 is 14.6 Å². The van der Waals surface area contributed by atoms with Crippen LogP contribution in [0.4, 0.5) is 0 Å². The van der Waals surface area contributed by atoms with Gasteiger partial charge in [0.2, 0.25) is 5.91 Å². The minimum atomic E-state index is 0.0639. The highest BCUT2D eigenvalue weighted by atomic mass is 16.5. The van der Waals surface area contributed by atoms with Crippen molar-refractivity contribution in [3.63, 3.8) is 0 Å². The average Bonchev–Trinajstić information content (AvgIpc) is 3.43. The van der Waals surface area contributed by atoms with E-state index in [0.717, 1.165) is 57.5 Å². The summed E-state index contributed by atoms with van der Waals surface area (Å²) in [4.78, 5) is 16.6. The molecule has 5 heteroatoms. The molecule has 3 rings (SSSR count). The van der Waals surface area contributed by atoms with Gasteiger partial charge in [0.15, 0.2) is 11.5 Å². The van der Waals surface area contributed by atoms with Gasteiger partial charge in [-0.25, -0.2) is 0 Å². The minimum absolute atomic E-state index is 0.0639. The zero-order valence-electron chi connectivity index (χ0n) is 15.6. The Hall–Kier alpha value is -1.75. The van der Waals surface area contributed by atoms with Crippen LogP contribution in [0.15, 0.2) is 12.1 Å². The SMILES string of the molecule is COc1cc(CN2CCCN(C(=O)C(C)C)CC2)cc(C2CC2)c1O. The van der Waals surface area contributed by atoms with E-state index in [2.05, 4.69) is 11.0 Å². The van der Waals surface area contributed by atoms with E-state index in [1.807, 2.05) is 24.8 Å². The highest BCUT2D eigenvalue weighted by Crippen LogP contribution is 2.47. The Balaban J connectivity index is 1.68. The topological polar surface area (TPSA) is 53.0 Å². The first-order valence-electron chi connectivity index (χ1n) is 9.40. The predicted molar refractivity (Wildman–Crippen MR) is 97.9 cm³/mol. The van der Waals surface area contributed by atoms with Crippen LogP contribution in [0, 0.1) is 5.92 Å². The van der Waals surface area contributed by atoms with Gasteiger partial charge < -0.3 is 14.7 Å². The number of methoxy groups -OCH3 is 1. The molecule has 0 spiro atoms. The minimum Gasteiger partial charge on any atom is -0.504 e. The van der Waals surface area contributed by atoms with Crippen LogP contribution in [0.1, 0.15) is 50.2 Å². The van der Waals surface area contributed by atoms with Crippen LogP contribution in [-0.2, 0) is 11.3 Å². The first-order valence-corrected chi connectivity index (χ1v) is 9.40. The Morgan fingerprint density at radius 2 is 2.00 bits per heavy atom. The number of benzene rings is 1. The maximum Gasteiger partial charge on any atom is 0.225 e. The van der Waals surface area contributed by atoms with E-state index in [1.165, 1.54) is 5.56 Å². The zero-order chi connectivity index (χ0) is 18.0. The van der Waals surface area contributed by atoms with Crippen molar-refractivity contribution in [2.24, 2.45) is 5.92 Å². The van der Waals surface area contributed by atoms with Crippen LogP contribution in [0.5, 0.6) is 11.5 Å². The average molecular weight is 346 g/mol. The van der Waals surface area contributed by atoms with Crippen molar-refractivity contribution in [1.82, 2.24) is 9.80 Å². The zero-order valence-corrected chi connectivity index (χ0v) is 15.6. The van der Waals surface area contributed by atoms with E-state index in [-0.39, 0.29) is 11.8 Å². The molecular formula is C20H30N2O3. The highest BCUT2D eigenvalue weighted by Gasteiger charge is 2.29. The van der Waals surface area contributed by atoms with Crippen LogP contribution in [0.25, 0.3) is 0 Å². The van der Waals surface area contributed by atoms with Gasteiger partial charge in [-0.15, -0.1) is 0 Å². The van der Waals surface area contributed by atoms with E-state index < -0.39 is 0 Å². The maximum atomic E-state index is 12.2. The molecule has 1 aromatic carbocycles. The summed E-state index contributed by atoms with van der Waals surface area (Å²) in [6, 6.07) is 4.08. The fourth-order valence-corrected chi connectivity index (χ4v) is 3.61. The van der Waals surface area contributed by atoms with E-state index >= 15 is 0 Å². The molecule has 1 heterocycles. The summed E-state index contributed by atoms with van der Waals surface area (Å²) >= 11 is 0. The van der Waals surface area contributed by atoms with Gasteiger partial charge in [-0.1, -0.05) is 19.9 Å². The maximum absolute atomic E-state index is 12.2. The van der Waals surface area contributed by atoms with Gasteiger partial charge in [0.1, 0.15) is 0 Å². The Morgan fingerprint density at radius 3 is 2.64 bits per heavy atom. The van der Waals surface area contributed by atoms with Gasteiger partial charge in [-0.2, -0.15) is 0 Å². The van der Waals surface area contributed by atoms with Crippen molar-refractivity contribution in [3.8, 4) is 11.5 Å². The number of carbonyl (C=O) groups excluding carboxylic acids is 1. The third-order valence-electron chi connectivity index (χ3n) is 5.20. The second-order valence-corrected chi connectivity index (χ2v) is 7.62. The number of ether oxygens (including phenoxy) is 1. The summed E-state index contributed by atoms with van der Waals surface area (Å²) in [5.74, 6) is 1.68. The number of amides is 1. The summed E-state index contributed by atoms with van der Waals surface area (Å²) in [7, 11) is 1.61. The smallest absolute Gasteiger partial charge is 0.225 e. The number of phenols is 1. The monoisotopic (exact) mass is 346 g/mol. The molecule has 1 aliphatic heterocycles. The molecule has 0 radical (unpaired) electrons. The number of aromatic hydroxyl groups is 1. The molecule has 2 aliphatic rings. The third kappa shape index (κ3) is 4.27. The molecule has 1 aliphatic carbocycles. The van der Waals surface area contributed by atoms with Crippen LogP contribution in [0.3, 0.4) is 0 Å². The largest absolute Gasteiger partial charge is 0.504 e. The fourth-order valence-electron chi connectivity index (χ4n) is 3.61. The highest BCUT2D eigenvalue weighted by molar-refractivity contribution is 5.78.